The highest BCUT2D eigenvalue weighted by molar-refractivity contribution is 5.71. The van der Waals surface area contributed by atoms with Crippen molar-refractivity contribution < 1.29 is 42.9 Å². The van der Waals surface area contributed by atoms with Crippen molar-refractivity contribution in [3.63, 3.8) is 0 Å². The number of allylic oxidation sites excluding steroid dienone is 16. The van der Waals surface area contributed by atoms with Crippen LogP contribution in [-0.2, 0) is 33.3 Å². The highest BCUT2D eigenvalue weighted by atomic mass is 16.7. The molecule has 0 radical (unpaired) electrons. The Labute approximate surface area is 422 Å². The largest absolute Gasteiger partial charge is 0.477 e. The molecule has 0 aliphatic rings. The molecule has 394 valence electrons. The minimum atomic E-state index is -1.53. The van der Waals surface area contributed by atoms with E-state index in [-0.39, 0.29) is 38.6 Å². The molecule has 0 fully saturated rings. The number of likely N-dealkylation sites (N-methyl/N-ethyl adjacent to an activating group) is 1. The average molecular weight is 965 g/mol. The third-order valence-corrected chi connectivity index (χ3v) is 11.3. The van der Waals surface area contributed by atoms with Gasteiger partial charge in [0.05, 0.1) is 34.4 Å². The van der Waals surface area contributed by atoms with Crippen LogP contribution < -0.4 is 0 Å². The highest BCUT2D eigenvalue weighted by Crippen LogP contribution is 2.14. The third-order valence-electron chi connectivity index (χ3n) is 11.3. The van der Waals surface area contributed by atoms with E-state index in [1.54, 1.807) is 0 Å². The van der Waals surface area contributed by atoms with Crippen LogP contribution >= 0.6 is 0 Å². The molecule has 0 amide bonds. The first kappa shape index (κ1) is 65.2. The molecule has 0 aromatic rings. The number of quaternary nitrogens is 1. The maximum absolute atomic E-state index is 12.8. The topological polar surface area (TPSA) is 108 Å². The molecule has 0 rings (SSSR count). The van der Waals surface area contributed by atoms with Crippen molar-refractivity contribution >= 4 is 17.9 Å². The smallest absolute Gasteiger partial charge is 0.361 e. The molecule has 69 heavy (non-hydrogen) atoms. The van der Waals surface area contributed by atoms with Gasteiger partial charge in [-0.05, 0) is 89.9 Å². The van der Waals surface area contributed by atoms with E-state index in [0.29, 0.717) is 23.9 Å². The maximum atomic E-state index is 12.8. The van der Waals surface area contributed by atoms with Crippen molar-refractivity contribution in [2.75, 3.05) is 47.5 Å². The Bertz CT molecular complexity index is 1450. The summed E-state index contributed by atoms with van der Waals surface area (Å²) >= 11 is 0. The molecule has 0 bridgehead atoms. The summed E-state index contributed by atoms with van der Waals surface area (Å²) in [4.78, 5) is 37.3. The number of carbonyl (C=O) groups excluding carboxylic acids is 2. The highest BCUT2D eigenvalue weighted by Gasteiger charge is 2.25. The lowest BCUT2D eigenvalue weighted by Gasteiger charge is -2.25. The molecule has 0 aliphatic carbocycles. The normalized spacial score (nSPS) is 13.6. The van der Waals surface area contributed by atoms with Gasteiger partial charge in [0.15, 0.2) is 6.10 Å². The zero-order valence-electron chi connectivity index (χ0n) is 44.7. The number of ether oxygens (including phenoxy) is 4. The molecule has 0 aromatic heterocycles. The summed E-state index contributed by atoms with van der Waals surface area (Å²) in [5.41, 5.74) is 0. The summed E-state index contributed by atoms with van der Waals surface area (Å²) in [5, 5.41) is 9.68. The van der Waals surface area contributed by atoms with Crippen LogP contribution in [0, 0.1) is 0 Å². The molecule has 0 aromatic carbocycles. The van der Waals surface area contributed by atoms with E-state index >= 15 is 0 Å². The standard InChI is InChI=1S/C60H101NO8/c1-6-8-10-12-14-16-18-20-22-24-26-28-29-31-33-35-37-39-41-43-45-47-49-51-58(63)69-56(55-68-60(59(64)65)66-53-52-61(3,4)5)54-67-57(62)50-48-46-44-42-40-38-36-34-32-30-27-25-23-21-19-17-15-13-11-9-7-2/h8,10,14,16,20,22,25-28,31,33,37,39,43,45,56,60H,6-7,9,11-13,15,17-19,21,23-24,29-30,32,34-36,38,40-42,44,46-55H2,1-5H3/p+1/b10-8-,16-14-,22-20-,27-25-,28-26-,33-31-,39-37-,45-43-. The van der Waals surface area contributed by atoms with E-state index in [9.17, 15) is 19.5 Å². The van der Waals surface area contributed by atoms with Crippen molar-refractivity contribution in [2.24, 2.45) is 0 Å². The number of carboxylic acids is 1. The van der Waals surface area contributed by atoms with Gasteiger partial charge in [-0.25, -0.2) is 4.79 Å². The minimum Gasteiger partial charge on any atom is -0.477 e. The predicted octanol–water partition coefficient (Wildman–Crippen LogP) is 15.8. The molecular formula is C60H102NO8+. The molecule has 2 atom stereocenters. The monoisotopic (exact) mass is 965 g/mol. The van der Waals surface area contributed by atoms with E-state index in [1.807, 2.05) is 21.1 Å². The number of hydrogen-bond acceptors (Lipinski definition) is 7. The Morgan fingerprint density at radius 1 is 0.449 bits per heavy atom. The Kier molecular flexibility index (Phi) is 47.8. The van der Waals surface area contributed by atoms with Gasteiger partial charge >= 0.3 is 17.9 Å². The van der Waals surface area contributed by atoms with Gasteiger partial charge in [0.25, 0.3) is 6.29 Å². The lowest BCUT2D eigenvalue weighted by atomic mass is 10.1. The fourth-order valence-corrected chi connectivity index (χ4v) is 7.11. The van der Waals surface area contributed by atoms with Crippen molar-refractivity contribution in [1.29, 1.82) is 0 Å². The van der Waals surface area contributed by atoms with Gasteiger partial charge in [-0.2, -0.15) is 0 Å². The van der Waals surface area contributed by atoms with E-state index in [4.69, 9.17) is 18.9 Å². The number of aliphatic carboxylic acids is 1. The van der Waals surface area contributed by atoms with Gasteiger partial charge in [0, 0.05) is 12.8 Å². The lowest BCUT2D eigenvalue weighted by Crippen LogP contribution is -2.40. The second kappa shape index (κ2) is 50.6. The molecular weight excluding hydrogens is 863 g/mol. The third kappa shape index (κ3) is 51.9. The lowest BCUT2D eigenvalue weighted by molar-refractivity contribution is -0.870. The van der Waals surface area contributed by atoms with Crippen LogP contribution in [0.4, 0.5) is 0 Å². The molecule has 2 unspecified atom stereocenters. The number of hydrogen-bond donors (Lipinski definition) is 1. The maximum Gasteiger partial charge on any atom is 0.361 e. The SMILES string of the molecule is CC/C=C\C/C=C\C/C=C\C/C=C\C/C=C\C/C=C\C/C=C\CCCC(=O)OC(COC(=O)CCCCCCCCCCC/C=C\CCCCCCCCCC)COC(OCC[N+](C)(C)C)C(=O)O. The van der Waals surface area contributed by atoms with Crippen molar-refractivity contribution in [3.8, 4) is 0 Å². The van der Waals surface area contributed by atoms with Crippen molar-refractivity contribution in [1.82, 2.24) is 0 Å². The van der Waals surface area contributed by atoms with Gasteiger partial charge in [-0.3, -0.25) is 9.59 Å². The molecule has 0 saturated carbocycles. The average Bonchev–Trinajstić information content (AvgIpc) is 3.31. The first-order chi connectivity index (χ1) is 33.6. The van der Waals surface area contributed by atoms with E-state index in [1.165, 1.54) is 103 Å². The number of unbranched alkanes of at least 4 members (excludes halogenated alkanes) is 18. The van der Waals surface area contributed by atoms with Crippen molar-refractivity contribution in [2.45, 2.75) is 219 Å². The molecule has 0 spiro atoms. The first-order valence-electron chi connectivity index (χ1n) is 27.4. The van der Waals surface area contributed by atoms with Gasteiger partial charge in [0.1, 0.15) is 13.2 Å². The van der Waals surface area contributed by atoms with Crippen LogP contribution in [0.25, 0.3) is 0 Å². The number of esters is 2. The summed E-state index contributed by atoms with van der Waals surface area (Å²) < 4.78 is 22.8. The fourth-order valence-electron chi connectivity index (χ4n) is 7.11. The first-order valence-corrected chi connectivity index (χ1v) is 27.4. The van der Waals surface area contributed by atoms with E-state index < -0.39 is 24.3 Å². The summed E-state index contributed by atoms with van der Waals surface area (Å²) in [6, 6.07) is 0. The van der Waals surface area contributed by atoms with Crippen LogP contribution in [0.1, 0.15) is 206 Å². The van der Waals surface area contributed by atoms with E-state index in [2.05, 4.69) is 111 Å². The van der Waals surface area contributed by atoms with Gasteiger partial charge in [-0.15, -0.1) is 0 Å². The number of carbonyl (C=O) groups is 3. The molecule has 0 heterocycles. The Hall–Kier alpha value is -3.79. The number of carboxylic acid groups (broad SMARTS) is 1. The van der Waals surface area contributed by atoms with Crippen molar-refractivity contribution in [3.05, 3.63) is 97.2 Å². The number of rotatable bonds is 49. The van der Waals surface area contributed by atoms with E-state index in [0.717, 1.165) is 64.2 Å². The zero-order chi connectivity index (χ0) is 50.6. The van der Waals surface area contributed by atoms with Crippen LogP contribution in [0.15, 0.2) is 97.2 Å². The minimum absolute atomic E-state index is 0.171. The van der Waals surface area contributed by atoms with Crippen LogP contribution in [0.3, 0.4) is 0 Å². The molecule has 9 nitrogen and oxygen atoms in total. The summed E-state index contributed by atoms with van der Waals surface area (Å²) in [5.74, 6) is -2.10. The molecule has 0 saturated heterocycles. The predicted molar refractivity (Wildman–Crippen MR) is 290 cm³/mol. The Morgan fingerprint density at radius 3 is 1.29 bits per heavy atom. The fraction of sp³-hybridized carbons (Fsp3) is 0.683. The molecule has 1 N–H and O–H groups in total. The Morgan fingerprint density at radius 2 is 0.841 bits per heavy atom. The summed E-state index contributed by atoms with van der Waals surface area (Å²) in [7, 11) is 5.94. The second-order valence-electron chi connectivity index (χ2n) is 19.2. The molecule has 0 aliphatic heterocycles. The van der Waals surface area contributed by atoms with Crippen LogP contribution in [-0.4, -0.2) is 87.4 Å². The van der Waals surface area contributed by atoms with Gasteiger partial charge in [-0.1, -0.05) is 201 Å². The quantitative estimate of drug-likeness (QED) is 0.0211. The van der Waals surface area contributed by atoms with Gasteiger partial charge in [0.2, 0.25) is 0 Å². The van der Waals surface area contributed by atoms with Crippen LogP contribution in [0.2, 0.25) is 0 Å². The van der Waals surface area contributed by atoms with Gasteiger partial charge < -0.3 is 28.5 Å². The summed E-state index contributed by atoms with van der Waals surface area (Å²) in [6.07, 6.45) is 64.8. The zero-order valence-corrected chi connectivity index (χ0v) is 44.7. The molecule has 9 heteroatoms. The van der Waals surface area contributed by atoms with Crippen LogP contribution in [0.5, 0.6) is 0 Å². The summed E-state index contributed by atoms with van der Waals surface area (Å²) in [6.45, 7) is 4.69. The second-order valence-corrected chi connectivity index (χ2v) is 19.2. The number of nitrogens with zero attached hydrogens (tertiary/aromatic N) is 1. The Balaban J connectivity index is 4.43.